The van der Waals surface area contributed by atoms with Gasteiger partial charge in [0, 0.05) is 42.1 Å². The minimum atomic E-state index is -0.242. The lowest BCUT2D eigenvalue weighted by Crippen LogP contribution is -2.55. The number of nitrogens with zero attached hydrogens (tertiary/aromatic N) is 1. The maximum atomic E-state index is 12.8. The number of piperazine rings is 1. The Balaban J connectivity index is 0.00000176. The first-order chi connectivity index (χ1) is 10.0. The Labute approximate surface area is 135 Å². The van der Waals surface area contributed by atoms with Gasteiger partial charge in [0.1, 0.15) is 0 Å². The number of fused-ring (bicyclic) bond motifs is 1. The van der Waals surface area contributed by atoms with Crippen molar-refractivity contribution in [1.82, 2.24) is 15.2 Å². The fourth-order valence-electron chi connectivity index (χ4n) is 3.04. The molecule has 2 atom stereocenters. The lowest BCUT2D eigenvalue weighted by Gasteiger charge is -2.36. The first kappa shape index (κ1) is 16.5. The predicted molar refractivity (Wildman–Crippen MR) is 89.8 cm³/mol. The number of halogens is 1. The van der Waals surface area contributed by atoms with E-state index >= 15 is 0 Å². The fraction of sp³-hybridized carbons (Fsp3) is 0.375. The van der Waals surface area contributed by atoms with E-state index in [-0.39, 0.29) is 36.0 Å². The number of benzene rings is 1. The molecular weight excluding hydrogens is 302 g/mol. The van der Waals surface area contributed by atoms with Gasteiger partial charge in [-0.1, -0.05) is 18.2 Å². The smallest absolute Gasteiger partial charge is 0.254 e. The van der Waals surface area contributed by atoms with Crippen LogP contribution < -0.4 is 10.9 Å². The Morgan fingerprint density at radius 2 is 1.82 bits per heavy atom. The van der Waals surface area contributed by atoms with Crippen molar-refractivity contribution in [3.05, 3.63) is 46.2 Å². The Morgan fingerprint density at radius 3 is 2.50 bits per heavy atom. The molecule has 3 rings (SSSR count). The molecule has 1 amide bonds. The molecule has 1 fully saturated rings. The summed E-state index contributed by atoms with van der Waals surface area (Å²) in [6.45, 7) is 5.44. The van der Waals surface area contributed by atoms with Gasteiger partial charge in [0.05, 0.1) is 5.56 Å². The fourth-order valence-corrected chi connectivity index (χ4v) is 3.04. The van der Waals surface area contributed by atoms with Crippen LogP contribution in [0.4, 0.5) is 0 Å². The number of carbonyl (C=O) groups is 1. The number of para-hydroxylation sites is 1. The van der Waals surface area contributed by atoms with Crippen molar-refractivity contribution in [3.63, 3.8) is 0 Å². The average molecular weight is 322 g/mol. The third-order valence-corrected chi connectivity index (χ3v) is 3.83. The number of aromatic nitrogens is 1. The third-order valence-electron chi connectivity index (χ3n) is 3.83. The Morgan fingerprint density at radius 1 is 1.18 bits per heavy atom. The second-order valence-electron chi connectivity index (χ2n) is 5.77. The standard InChI is InChI=1S/C16H19N3O2.ClH/c1-10-8-19(9-11(2)17-10)16(21)13-7-15(20)18-14-6-4-3-5-12(13)14;/h3-7,10-11,17H,8-9H2,1-2H3,(H,18,20);1H. The number of aromatic amines is 1. The van der Waals surface area contributed by atoms with Gasteiger partial charge < -0.3 is 15.2 Å². The van der Waals surface area contributed by atoms with E-state index in [0.717, 1.165) is 5.39 Å². The molecule has 2 aromatic rings. The number of amides is 1. The summed E-state index contributed by atoms with van der Waals surface area (Å²) in [5, 5.41) is 4.19. The predicted octanol–water partition coefficient (Wildman–Crippen LogP) is 1.77. The van der Waals surface area contributed by atoms with Gasteiger partial charge in [0.2, 0.25) is 5.56 Å². The van der Waals surface area contributed by atoms with Crippen LogP contribution in [0.1, 0.15) is 24.2 Å². The summed E-state index contributed by atoms with van der Waals surface area (Å²) in [5.74, 6) is -0.0718. The Hall–Kier alpha value is -1.85. The number of hydrogen-bond donors (Lipinski definition) is 2. The molecule has 0 saturated carbocycles. The maximum Gasteiger partial charge on any atom is 0.254 e. The zero-order valence-electron chi connectivity index (χ0n) is 12.6. The normalized spacial score (nSPS) is 21.5. The van der Waals surface area contributed by atoms with E-state index in [1.54, 1.807) is 0 Å². The highest BCUT2D eigenvalue weighted by atomic mass is 35.5. The summed E-state index contributed by atoms with van der Waals surface area (Å²) >= 11 is 0. The van der Waals surface area contributed by atoms with Crippen LogP contribution >= 0.6 is 12.4 Å². The summed E-state index contributed by atoms with van der Waals surface area (Å²) in [7, 11) is 0. The third kappa shape index (κ3) is 3.15. The van der Waals surface area contributed by atoms with Crippen molar-refractivity contribution in [2.45, 2.75) is 25.9 Å². The van der Waals surface area contributed by atoms with Crippen molar-refractivity contribution < 1.29 is 4.79 Å². The lowest BCUT2D eigenvalue weighted by molar-refractivity contribution is 0.0675. The van der Waals surface area contributed by atoms with E-state index in [9.17, 15) is 9.59 Å². The Kier molecular flexibility index (Phi) is 4.88. The number of H-pyrrole nitrogens is 1. The van der Waals surface area contributed by atoms with E-state index in [1.807, 2.05) is 29.2 Å². The van der Waals surface area contributed by atoms with Gasteiger partial charge in [-0.25, -0.2) is 0 Å². The molecule has 0 aliphatic carbocycles. The quantitative estimate of drug-likeness (QED) is 0.841. The molecule has 22 heavy (non-hydrogen) atoms. The van der Waals surface area contributed by atoms with Crippen molar-refractivity contribution in [2.24, 2.45) is 0 Å². The summed E-state index contributed by atoms with van der Waals surface area (Å²) in [6, 6.07) is 9.32. The highest BCUT2D eigenvalue weighted by Gasteiger charge is 2.26. The second-order valence-corrected chi connectivity index (χ2v) is 5.77. The molecule has 1 aromatic heterocycles. The number of rotatable bonds is 1. The van der Waals surface area contributed by atoms with E-state index < -0.39 is 0 Å². The summed E-state index contributed by atoms with van der Waals surface area (Å²) in [5.41, 5.74) is 0.938. The van der Waals surface area contributed by atoms with Crippen LogP contribution in [0.3, 0.4) is 0 Å². The molecule has 1 saturated heterocycles. The molecule has 0 spiro atoms. The van der Waals surface area contributed by atoms with E-state index in [2.05, 4.69) is 24.1 Å². The minimum absolute atomic E-state index is 0. The van der Waals surface area contributed by atoms with Gasteiger partial charge in [-0.05, 0) is 19.9 Å². The van der Waals surface area contributed by atoms with E-state index in [0.29, 0.717) is 24.2 Å². The van der Waals surface area contributed by atoms with Crippen LogP contribution in [-0.4, -0.2) is 41.0 Å². The topological polar surface area (TPSA) is 65.2 Å². The molecule has 2 unspecified atom stereocenters. The Bertz CT molecular complexity index is 733. The average Bonchev–Trinajstić information content (AvgIpc) is 2.44. The van der Waals surface area contributed by atoms with Crippen LogP contribution in [-0.2, 0) is 0 Å². The maximum absolute atomic E-state index is 12.8. The summed E-state index contributed by atoms with van der Waals surface area (Å²) in [4.78, 5) is 29.2. The zero-order valence-corrected chi connectivity index (χ0v) is 13.4. The summed E-state index contributed by atoms with van der Waals surface area (Å²) < 4.78 is 0. The van der Waals surface area contributed by atoms with Crippen LogP contribution in [0.25, 0.3) is 10.9 Å². The highest BCUT2D eigenvalue weighted by Crippen LogP contribution is 2.18. The molecule has 0 bridgehead atoms. The SMILES string of the molecule is CC1CN(C(=O)c2cc(=O)[nH]c3ccccc23)CC(C)N1.Cl. The molecule has 0 radical (unpaired) electrons. The number of hydrogen-bond acceptors (Lipinski definition) is 3. The van der Waals surface area contributed by atoms with Crippen molar-refractivity contribution in [2.75, 3.05) is 13.1 Å². The van der Waals surface area contributed by atoms with Crippen LogP contribution in [0.2, 0.25) is 0 Å². The summed E-state index contributed by atoms with van der Waals surface area (Å²) in [6.07, 6.45) is 0. The number of nitrogens with one attached hydrogen (secondary N) is 2. The number of carbonyl (C=O) groups excluding carboxylic acids is 1. The first-order valence-electron chi connectivity index (χ1n) is 7.22. The first-order valence-corrected chi connectivity index (χ1v) is 7.22. The molecule has 118 valence electrons. The van der Waals surface area contributed by atoms with Crippen molar-refractivity contribution in [1.29, 1.82) is 0 Å². The zero-order chi connectivity index (χ0) is 15.0. The van der Waals surface area contributed by atoms with Gasteiger partial charge in [0.15, 0.2) is 0 Å². The van der Waals surface area contributed by atoms with Gasteiger partial charge >= 0.3 is 0 Å². The molecule has 2 N–H and O–H groups in total. The van der Waals surface area contributed by atoms with E-state index in [4.69, 9.17) is 0 Å². The molecule has 1 aliphatic heterocycles. The molecule has 2 heterocycles. The molecular formula is C16H20ClN3O2. The number of pyridine rings is 1. The van der Waals surface area contributed by atoms with Crippen LogP contribution in [0.15, 0.2) is 35.1 Å². The van der Waals surface area contributed by atoms with Gasteiger partial charge in [-0.2, -0.15) is 0 Å². The molecule has 1 aliphatic rings. The second kappa shape index (κ2) is 6.50. The van der Waals surface area contributed by atoms with Crippen LogP contribution in [0, 0.1) is 0 Å². The highest BCUT2D eigenvalue weighted by molar-refractivity contribution is 6.06. The minimum Gasteiger partial charge on any atom is -0.336 e. The van der Waals surface area contributed by atoms with Crippen molar-refractivity contribution in [3.8, 4) is 0 Å². The lowest BCUT2D eigenvalue weighted by atomic mass is 10.1. The molecule has 1 aromatic carbocycles. The monoisotopic (exact) mass is 321 g/mol. The van der Waals surface area contributed by atoms with Crippen LogP contribution in [0.5, 0.6) is 0 Å². The molecule has 5 nitrogen and oxygen atoms in total. The van der Waals surface area contributed by atoms with Gasteiger partial charge in [-0.15, -0.1) is 12.4 Å². The van der Waals surface area contributed by atoms with Gasteiger partial charge in [-0.3, -0.25) is 9.59 Å². The van der Waals surface area contributed by atoms with Gasteiger partial charge in [0.25, 0.3) is 5.91 Å². The van der Waals surface area contributed by atoms with E-state index in [1.165, 1.54) is 6.07 Å². The largest absolute Gasteiger partial charge is 0.336 e. The van der Waals surface area contributed by atoms with Crippen molar-refractivity contribution >= 4 is 29.2 Å². The molecule has 6 heteroatoms.